The van der Waals surface area contributed by atoms with Gasteiger partial charge in [0, 0.05) is 39.0 Å². The zero-order valence-corrected chi connectivity index (χ0v) is 12.5. The zero-order valence-electron chi connectivity index (χ0n) is 12.5. The van der Waals surface area contributed by atoms with Gasteiger partial charge in [0.2, 0.25) is 11.8 Å². The first-order valence-corrected chi connectivity index (χ1v) is 7.13. The van der Waals surface area contributed by atoms with E-state index in [1.54, 1.807) is 4.90 Å². The summed E-state index contributed by atoms with van der Waals surface area (Å²) in [6.45, 7) is 2.81. The van der Waals surface area contributed by atoms with Gasteiger partial charge in [0.1, 0.15) is 12.4 Å². The van der Waals surface area contributed by atoms with Gasteiger partial charge in [-0.1, -0.05) is 0 Å². The van der Waals surface area contributed by atoms with E-state index in [-0.39, 0.29) is 30.8 Å². The smallest absolute Gasteiger partial charge is 0.248 e. The maximum atomic E-state index is 12.8. The van der Waals surface area contributed by atoms with Gasteiger partial charge in [-0.3, -0.25) is 14.5 Å². The first-order valence-electron chi connectivity index (χ1n) is 7.13. The molecular weight excluding hydrogens is 289 g/mol. The molecule has 1 N–H and O–H groups in total. The van der Waals surface area contributed by atoms with Crippen LogP contribution < -0.4 is 5.32 Å². The predicted molar refractivity (Wildman–Crippen MR) is 79.9 cm³/mol. The molecule has 0 spiro atoms. The fraction of sp³-hybridized carbons (Fsp3) is 0.467. The van der Waals surface area contributed by atoms with Crippen molar-refractivity contribution in [3.05, 3.63) is 30.1 Å². The lowest BCUT2D eigenvalue weighted by Gasteiger charge is -2.34. The molecule has 1 aromatic carbocycles. The molecule has 1 heterocycles. The Morgan fingerprint density at radius 1 is 1.18 bits per heavy atom. The third kappa shape index (κ3) is 4.78. The number of carbonyl (C=O) groups excluding carboxylic acids is 2. The summed E-state index contributed by atoms with van der Waals surface area (Å²) >= 11 is 0. The standard InChI is InChI=1S/C15H20FN3O3/c1-22-11-15(21)19-8-6-18(7-9-19)10-14(20)17-13-4-2-12(16)3-5-13/h2-5H,6-11H2,1H3,(H,17,20). The van der Waals surface area contributed by atoms with Gasteiger partial charge in [0.15, 0.2) is 0 Å². The number of hydrogen-bond acceptors (Lipinski definition) is 4. The molecule has 1 saturated heterocycles. The molecule has 120 valence electrons. The van der Waals surface area contributed by atoms with Crippen molar-refractivity contribution in [1.82, 2.24) is 9.80 Å². The van der Waals surface area contributed by atoms with E-state index in [1.165, 1.54) is 31.4 Å². The number of piperazine rings is 1. The summed E-state index contributed by atoms with van der Waals surface area (Å²) in [7, 11) is 1.49. The van der Waals surface area contributed by atoms with Crippen LogP contribution in [-0.2, 0) is 14.3 Å². The molecule has 0 unspecified atom stereocenters. The maximum Gasteiger partial charge on any atom is 0.248 e. The molecule has 22 heavy (non-hydrogen) atoms. The van der Waals surface area contributed by atoms with E-state index in [2.05, 4.69) is 5.32 Å². The first-order chi connectivity index (χ1) is 10.6. The van der Waals surface area contributed by atoms with Gasteiger partial charge in [-0.2, -0.15) is 0 Å². The summed E-state index contributed by atoms with van der Waals surface area (Å²) in [5.41, 5.74) is 0.570. The Balaban J connectivity index is 1.74. The fourth-order valence-corrected chi connectivity index (χ4v) is 2.31. The SMILES string of the molecule is COCC(=O)N1CCN(CC(=O)Nc2ccc(F)cc2)CC1. The van der Waals surface area contributed by atoms with Gasteiger partial charge in [-0.05, 0) is 24.3 Å². The molecule has 0 bridgehead atoms. The van der Waals surface area contributed by atoms with Crippen LogP contribution in [0.15, 0.2) is 24.3 Å². The van der Waals surface area contributed by atoms with Gasteiger partial charge in [-0.15, -0.1) is 0 Å². The summed E-state index contributed by atoms with van der Waals surface area (Å²) in [6.07, 6.45) is 0. The van der Waals surface area contributed by atoms with E-state index in [0.29, 0.717) is 31.9 Å². The van der Waals surface area contributed by atoms with E-state index < -0.39 is 0 Å². The molecule has 6 nitrogen and oxygen atoms in total. The third-order valence-corrected chi connectivity index (χ3v) is 3.49. The van der Waals surface area contributed by atoms with E-state index >= 15 is 0 Å². The summed E-state index contributed by atoms with van der Waals surface area (Å²) in [4.78, 5) is 27.3. The average molecular weight is 309 g/mol. The molecule has 7 heteroatoms. The molecule has 2 rings (SSSR count). The van der Waals surface area contributed by atoms with E-state index in [4.69, 9.17) is 4.74 Å². The quantitative estimate of drug-likeness (QED) is 0.863. The Labute approximate surface area is 128 Å². The number of amides is 2. The van der Waals surface area contributed by atoms with Crippen molar-refractivity contribution in [1.29, 1.82) is 0 Å². The highest BCUT2D eigenvalue weighted by Gasteiger charge is 2.22. The minimum atomic E-state index is -0.338. The topological polar surface area (TPSA) is 61.9 Å². The van der Waals surface area contributed by atoms with E-state index in [0.717, 1.165) is 0 Å². The van der Waals surface area contributed by atoms with Crippen molar-refractivity contribution < 1.29 is 18.7 Å². The van der Waals surface area contributed by atoms with Gasteiger partial charge in [0.05, 0.1) is 6.54 Å². The Morgan fingerprint density at radius 2 is 1.82 bits per heavy atom. The van der Waals surface area contributed by atoms with Crippen molar-refractivity contribution in [2.24, 2.45) is 0 Å². The van der Waals surface area contributed by atoms with Crippen LogP contribution in [-0.4, -0.2) is 68.1 Å². The number of ether oxygens (including phenoxy) is 1. The second-order valence-electron chi connectivity index (χ2n) is 5.15. The lowest BCUT2D eigenvalue weighted by Crippen LogP contribution is -2.51. The van der Waals surface area contributed by atoms with Gasteiger partial charge < -0.3 is 15.0 Å². The highest BCUT2D eigenvalue weighted by Crippen LogP contribution is 2.09. The lowest BCUT2D eigenvalue weighted by molar-refractivity contribution is -0.137. The number of nitrogens with zero attached hydrogens (tertiary/aromatic N) is 2. The number of anilines is 1. The fourth-order valence-electron chi connectivity index (χ4n) is 2.31. The van der Waals surface area contributed by atoms with Crippen molar-refractivity contribution in [3.8, 4) is 0 Å². The Kier molecular flexibility index (Phi) is 5.85. The number of methoxy groups -OCH3 is 1. The normalized spacial score (nSPS) is 15.6. The van der Waals surface area contributed by atoms with E-state index in [9.17, 15) is 14.0 Å². The molecular formula is C15H20FN3O3. The molecule has 0 saturated carbocycles. The molecule has 1 aliphatic rings. The monoisotopic (exact) mass is 309 g/mol. The Hall–Kier alpha value is -1.99. The number of halogens is 1. The Bertz CT molecular complexity index is 513. The predicted octanol–water partition coefficient (Wildman–Crippen LogP) is 0.555. The number of carbonyl (C=O) groups is 2. The number of nitrogens with one attached hydrogen (secondary N) is 1. The minimum Gasteiger partial charge on any atom is -0.375 e. The number of hydrogen-bond donors (Lipinski definition) is 1. The van der Waals surface area contributed by atoms with Crippen LogP contribution in [0.5, 0.6) is 0 Å². The maximum absolute atomic E-state index is 12.8. The van der Waals surface area contributed by atoms with Crippen molar-refractivity contribution >= 4 is 17.5 Å². The molecule has 1 fully saturated rings. The van der Waals surface area contributed by atoms with Crippen molar-refractivity contribution in [2.45, 2.75) is 0 Å². The van der Waals surface area contributed by atoms with Crippen LogP contribution >= 0.6 is 0 Å². The van der Waals surface area contributed by atoms with Crippen LogP contribution in [0.4, 0.5) is 10.1 Å². The first kappa shape index (κ1) is 16.4. The third-order valence-electron chi connectivity index (χ3n) is 3.49. The molecule has 0 radical (unpaired) electrons. The van der Waals surface area contributed by atoms with E-state index in [1.807, 2.05) is 4.90 Å². The molecule has 0 aliphatic carbocycles. The van der Waals surface area contributed by atoms with Crippen molar-refractivity contribution in [3.63, 3.8) is 0 Å². The summed E-state index contributed by atoms with van der Waals surface area (Å²) < 4.78 is 17.6. The van der Waals surface area contributed by atoms with Crippen LogP contribution in [0.3, 0.4) is 0 Å². The molecule has 0 aromatic heterocycles. The van der Waals surface area contributed by atoms with Crippen LogP contribution in [0.25, 0.3) is 0 Å². The minimum absolute atomic E-state index is 0.0297. The number of benzene rings is 1. The lowest BCUT2D eigenvalue weighted by atomic mass is 10.3. The van der Waals surface area contributed by atoms with Crippen molar-refractivity contribution in [2.75, 3.05) is 51.8 Å². The summed E-state index contributed by atoms with van der Waals surface area (Å²) in [5.74, 6) is -0.518. The van der Waals surface area contributed by atoms with Crippen LogP contribution in [0.2, 0.25) is 0 Å². The second kappa shape index (κ2) is 7.86. The molecule has 2 amide bonds. The molecule has 1 aromatic rings. The highest BCUT2D eigenvalue weighted by atomic mass is 19.1. The summed E-state index contributed by atoms with van der Waals surface area (Å²) in [6, 6.07) is 5.65. The molecule has 1 aliphatic heterocycles. The zero-order chi connectivity index (χ0) is 15.9. The summed E-state index contributed by atoms with van der Waals surface area (Å²) in [5, 5.41) is 2.72. The Morgan fingerprint density at radius 3 is 2.41 bits per heavy atom. The van der Waals surface area contributed by atoms with Gasteiger partial charge in [0.25, 0.3) is 0 Å². The molecule has 0 atom stereocenters. The number of rotatable bonds is 5. The van der Waals surface area contributed by atoms with Crippen LogP contribution in [0.1, 0.15) is 0 Å². The average Bonchev–Trinajstić information content (AvgIpc) is 2.50. The largest absolute Gasteiger partial charge is 0.375 e. The van der Waals surface area contributed by atoms with Gasteiger partial charge in [-0.25, -0.2) is 4.39 Å². The van der Waals surface area contributed by atoms with Gasteiger partial charge >= 0.3 is 0 Å². The highest BCUT2D eigenvalue weighted by molar-refractivity contribution is 5.92. The second-order valence-corrected chi connectivity index (χ2v) is 5.15. The van der Waals surface area contributed by atoms with Crippen LogP contribution in [0, 0.1) is 5.82 Å².